The van der Waals surface area contributed by atoms with Crippen LogP contribution in [-0.2, 0) is 19.2 Å². The Morgan fingerprint density at radius 2 is 1.27 bits per heavy atom. The Bertz CT molecular complexity index is 163. The molecule has 0 fully saturated rings. The molecule has 0 amide bonds. The Balaban J connectivity index is 3.65. The number of hydrogen-bond donors (Lipinski definition) is 0. The predicted octanol–water partition coefficient (Wildman–Crippen LogP) is -0.307. The summed E-state index contributed by atoms with van der Waals surface area (Å²) >= 11 is 0. The first-order valence-corrected chi connectivity index (χ1v) is 3.11. The van der Waals surface area contributed by atoms with Crippen molar-refractivity contribution in [3.63, 3.8) is 0 Å². The second-order valence-corrected chi connectivity index (χ2v) is 2.00. The minimum atomic E-state index is -0.438. The topological polar surface area (TPSA) is 68.3 Å². The lowest BCUT2D eigenvalue weighted by Crippen LogP contribution is -2.07. The zero-order valence-electron chi connectivity index (χ0n) is 5.91. The predicted molar refractivity (Wildman–Crippen MR) is 36.0 cm³/mol. The molecule has 0 unspecified atom stereocenters. The van der Waals surface area contributed by atoms with E-state index in [0.717, 1.165) is 0 Å². The lowest BCUT2D eigenvalue weighted by atomic mass is 10.1. The number of ketones is 2. The van der Waals surface area contributed by atoms with E-state index in [2.05, 4.69) is 0 Å². The summed E-state index contributed by atoms with van der Waals surface area (Å²) in [6.45, 7) is 0. The first-order valence-electron chi connectivity index (χ1n) is 3.11. The standard InChI is InChI=1S/C7H8O4/c8-3-1-6(10)5-7(11)2-4-9/h3-4H,1-2,5H2. The van der Waals surface area contributed by atoms with E-state index in [9.17, 15) is 19.2 Å². The van der Waals surface area contributed by atoms with Crippen LogP contribution in [0.1, 0.15) is 19.3 Å². The summed E-state index contributed by atoms with van der Waals surface area (Å²) in [6, 6.07) is 0. The molecule has 0 heterocycles. The molecule has 0 rings (SSSR count). The van der Waals surface area contributed by atoms with Crippen molar-refractivity contribution >= 4 is 24.1 Å². The Labute approximate surface area is 63.6 Å². The van der Waals surface area contributed by atoms with Gasteiger partial charge in [0.1, 0.15) is 24.1 Å². The van der Waals surface area contributed by atoms with E-state index in [0.29, 0.717) is 12.6 Å². The summed E-state index contributed by atoms with van der Waals surface area (Å²) in [4.78, 5) is 40.6. The van der Waals surface area contributed by atoms with E-state index in [4.69, 9.17) is 0 Å². The van der Waals surface area contributed by atoms with Gasteiger partial charge in [-0.2, -0.15) is 0 Å². The van der Waals surface area contributed by atoms with Gasteiger partial charge in [0.2, 0.25) is 0 Å². The molecule has 11 heavy (non-hydrogen) atoms. The monoisotopic (exact) mass is 156 g/mol. The zero-order valence-corrected chi connectivity index (χ0v) is 5.91. The summed E-state index contributed by atoms with van der Waals surface area (Å²) in [7, 11) is 0. The lowest BCUT2D eigenvalue weighted by Gasteiger charge is -1.90. The van der Waals surface area contributed by atoms with Crippen LogP contribution in [-0.4, -0.2) is 24.1 Å². The van der Waals surface area contributed by atoms with Gasteiger partial charge >= 0.3 is 0 Å². The lowest BCUT2D eigenvalue weighted by molar-refractivity contribution is -0.128. The molecule has 0 saturated heterocycles. The molecule has 0 atom stereocenters. The van der Waals surface area contributed by atoms with Gasteiger partial charge in [0.25, 0.3) is 0 Å². The maximum absolute atomic E-state index is 10.6. The molecule has 0 aromatic rings. The maximum atomic E-state index is 10.6. The highest BCUT2D eigenvalue weighted by molar-refractivity contribution is 6.06. The van der Waals surface area contributed by atoms with Crippen molar-refractivity contribution < 1.29 is 19.2 Å². The normalized spacial score (nSPS) is 8.73. The molecule has 0 aromatic heterocycles. The first-order chi connectivity index (χ1) is 5.20. The number of carbonyl (C=O) groups is 4. The van der Waals surface area contributed by atoms with E-state index in [1.807, 2.05) is 0 Å². The quantitative estimate of drug-likeness (QED) is 0.391. The molecule has 0 radical (unpaired) electrons. The second-order valence-electron chi connectivity index (χ2n) is 2.00. The Hall–Kier alpha value is -1.32. The van der Waals surface area contributed by atoms with Crippen LogP contribution in [0.25, 0.3) is 0 Å². The molecule has 0 bridgehead atoms. The smallest absolute Gasteiger partial charge is 0.147 e. The Morgan fingerprint density at radius 1 is 0.909 bits per heavy atom. The van der Waals surface area contributed by atoms with Crippen LogP contribution in [0.4, 0.5) is 0 Å². The van der Waals surface area contributed by atoms with E-state index in [1.54, 1.807) is 0 Å². The van der Waals surface area contributed by atoms with Crippen molar-refractivity contribution in [2.45, 2.75) is 19.3 Å². The van der Waals surface area contributed by atoms with Gasteiger partial charge < -0.3 is 9.59 Å². The molecule has 0 aliphatic heterocycles. The fourth-order valence-corrected chi connectivity index (χ4v) is 0.550. The molecule has 4 heteroatoms. The van der Waals surface area contributed by atoms with Crippen LogP contribution < -0.4 is 0 Å². The van der Waals surface area contributed by atoms with Crippen LogP contribution in [0.2, 0.25) is 0 Å². The molecular weight excluding hydrogens is 148 g/mol. The van der Waals surface area contributed by atoms with Gasteiger partial charge in [-0.3, -0.25) is 9.59 Å². The van der Waals surface area contributed by atoms with E-state index < -0.39 is 11.6 Å². The second kappa shape index (κ2) is 5.46. The minimum Gasteiger partial charge on any atom is -0.303 e. The van der Waals surface area contributed by atoms with Crippen LogP contribution in [0.5, 0.6) is 0 Å². The number of Topliss-reactive ketones (excluding diaryl/α,β-unsaturated/α-hetero) is 2. The number of aldehydes is 2. The van der Waals surface area contributed by atoms with Gasteiger partial charge in [0.15, 0.2) is 0 Å². The van der Waals surface area contributed by atoms with Crippen LogP contribution in [0.15, 0.2) is 0 Å². The zero-order chi connectivity index (χ0) is 8.69. The van der Waals surface area contributed by atoms with Crippen LogP contribution in [0, 0.1) is 0 Å². The van der Waals surface area contributed by atoms with Gasteiger partial charge in [-0.25, -0.2) is 0 Å². The molecule has 0 aliphatic rings. The van der Waals surface area contributed by atoms with Crippen molar-refractivity contribution in [3.8, 4) is 0 Å². The number of carbonyl (C=O) groups excluding carboxylic acids is 4. The van der Waals surface area contributed by atoms with Gasteiger partial charge in [0.05, 0.1) is 19.3 Å². The van der Waals surface area contributed by atoms with E-state index >= 15 is 0 Å². The average molecular weight is 156 g/mol. The average Bonchev–Trinajstić information content (AvgIpc) is 1.87. The molecule has 0 aliphatic carbocycles. The summed E-state index contributed by atoms with van der Waals surface area (Å²) < 4.78 is 0. The van der Waals surface area contributed by atoms with Crippen molar-refractivity contribution in [3.05, 3.63) is 0 Å². The fraction of sp³-hybridized carbons (Fsp3) is 0.429. The van der Waals surface area contributed by atoms with Crippen molar-refractivity contribution in [1.29, 1.82) is 0 Å². The highest BCUT2D eigenvalue weighted by Gasteiger charge is 2.07. The molecule has 0 saturated carbocycles. The highest BCUT2D eigenvalue weighted by atomic mass is 16.2. The third-order valence-electron chi connectivity index (χ3n) is 1.02. The fourth-order valence-electron chi connectivity index (χ4n) is 0.550. The summed E-state index contributed by atoms with van der Waals surface area (Å²) in [5.74, 6) is -0.876. The molecule has 60 valence electrons. The Morgan fingerprint density at radius 3 is 1.55 bits per heavy atom. The number of rotatable bonds is 6. The van der Waals surface area contributed by atoms with Crippen molar-refractivity contribution in [2.24, 2.45) is 0 Å². The Kier molecular flexibility index (Phi) is 4.81. The summed E-state index contributed by atoms with van der Waals surface area (Å²) in [5.41, 5.74) is 0. The first kappa shape index (κ1) is 9.68. The highest BCUT2D eigenvalue weighted by Crippen LogP contribution is 1.91. The molecule has 0 spiro atoms. The summed E-state index contributed by atoms with van der Waals surface area (Å²) in [5, 5.41) is 0. The van der Waals surface area contributed by atoms with Crippen LogP contribution >= 0.6 is 0 Å². The maximum Gasteiger partial charge on any atom is 0.147 e. The largest absolute Gasteiger partial charge is 0.303 e. The van der Waals surface area contributed by atoms with Gasteiger partial charge in [-0.1, -0.05) is 0 Å². The van der Waals surface area contributed by atoms with Gasteiger partial charge in [-0.05, 0) is 0 Å². The SMILES string of the molecule is O=CCC(=O)CC(=O)CC=O. The summed E-state index contributed by atoms with van der Waals surface area (Å²) in [6.07, 6.45) is 0.0831. The van der Waals surface area contributed by atoms with Gasteiger partial charge in [-0.15, -0.1) is 0 Å². The molecule has 0 N–H and O–H groups in total. The molecule has 0 aromatic carbocycles. The van der Waals surface area contributed by atoms with Gasteiger partial charge in [0, 0.05) is 0 Å². The third kappa shape index (κ3) is 5.14. The van der Waals surface area contributed by atoms with Crippen LogP contribution in [0.3, 0.4) is 0 Å². The molecule has 4 nitrogen and oxygen atoms in total. The number of hydrogen-bond acceptors (Lipinski definition) is 4. The van der Waals surface area contributed by atoms with Crippen molar-refractivity contribution in [1.82, 2.24) is 0 Å². The third-order valence-corrected chi connectivity index (χ3v) is 1.02. The molecular formula is C7H8O4. The minimum absolute atomic E-state index is 0.245. The van der Waals surface area contributed by atoms with Crippen molar-refractivity contribution in [2.75, 3.05) is 0 Å². The van der Waals surface area contributed by atoms with E-state index in [1.165, 1.54) is 0 Å². The van der Waals surface area contributed by atoms with E-state index in [-0.39, 0.29) is 19.3 Å².